The first-order valence-corrected chi connectivity index (χ1v) is 13.3. The zero-order valence-corrected chi connectivity index (χ0v) is 23.5. The van der Waals surface area contributed by atoms with E-state index in [0.29, 0.717) is 28.7 Å². The first kappa shape index (κ1) is 26.8. The van der Waals surface area contributed by atoms with Gasteiger partial charge in [-0.2, -0.15) is 0 Å². The number of methoxy groups -OCH3 is 2. The van der Waals surface area contributed by atoms with Gasteiger partial charge >= 0.3 is 0 Å². The maximum absolute atomic E-state index is 14.3. The summed E-state index contributed by atoms with van der Waals surface area (Å²) in [5.74, 6) is 1.42. The number of hydrogen-bond donors (Lipinski definition) is 0. The molecule has 0 radical (unpaired) electrons. The highest BCUT2D eigenvalue weighted by molar-refractivity contribution is 6.32. The van der Waals surface area contributed by atoms with Gasteiger partial charge in [-0.1, -0.05) is 53.5 Å². The molecular formula is C32H28Cl2N2O3. The van der Waals surface area contributed by atoms with E-state index in [9.17, 15) is 4.79 Å². The van der Waals surface area contributed by atoms with E-state index in [0.717, 1.165) is 45.0 Å². The monoisotopic (exact) mass is 558 g/mol. The number of benzene rings is 4. The van der Waals surface area contributed by atoms with Gasteiger partial charge < -0.3 is 14.4 Å². The van der Waals surface area contributed by atoms with Crippen LogP contribution in [0.3, 0.4) is 0 Å². The van der Waals surface area contributed by atoms with Crippen LogP contribution < -0.4 is 14.4 Å². The number of aryl methyl sites for hydroxylation is 1. The number of hydrogen-bond acceptors (Lipinski definition) is 4. The Balaban J connectivity index is 1.67. The van der Waals surface area contributed by atoms with Crippen LogP contribution >= 0.6 is 23.2 Å². The maximum atomic E-state index is 14.3. The van der Waals surface area contributed by atoms with E-state index >= 15 is 0 Å². The Morgan fingerprint density at radius 1 is 0.897 bits per heavy atom. The molecule has 39 heavy (non-hydrogen) atoms. The second-order valence-corrected chi connectivity index (χ2v) is 10.3. The van der Waals surface area contributed by atoms with Crippen LogP contribution in [-0.4, -0.2) is 31.9 Å². The van der Waals surface area contributed by atoms with Gasteiger partial charge in [0.05, 0.1) is 32.2 Å². The Morgan fingerprint density at radius 3 is 2.36 bits per heavy atom. The lowest BCUT2D eigenvalue weighted by Crippen LogP contribution is -2.38. The third kappa shape index (κ3) is 5.65. The number of halogens is 2. The number of nitrogens with zero attached hydrogens (tertiary/aromatic N) is 2. The summed E-state index contributed by atoms with van der Waals surface area (Å²) in [6.45, 7) is 2.35. The van der Waals surface area contributed by atoms with Crippen LogP contribution in [0.2, 0.25) is 10.0 Å². The predicted molar refractivity (Wildman–Crippen MR) is 158 cm³/mol. The van der Waals surface area contributed by atoms with Gasteiger partial charge in [0.2, 0.25) is 0 Å². The molecule has 0 spiro atoms. The highest BCUT2D eigenvalue weighted by Crippen LogP contribution is 2.34. The molecule has 0 saturated heterocycles. The third-order valence-electron chi connectivity index (χ3n) is 6.88. The summed E-state index contributed by atoms with van der Waals surface area (Å²) in [6, 6.07) is 26.1. The van der Waals surface area contributed by atoms with Crippen molar-refractivity contribution in [3.63, 3.8) is 0 Å². The van der Waals surface area contributed by atoms with Gasteiger partial charge in [-0.05, 0) is 78.2 Å². The summed E-state index contributed by atoms with van der Waals surface area (Å²) < 4.78 is 10.8. The van der Waals surface area contributed by atoms with Crippen LogP contribution in [0.25, 0.3) is 0 Å². The quantitative estimate of drug-likeness (QED) is 0.239. The number of aliphatic imine (C=N–C) groups is 1. The van der Waals surface area contributed by atoms with E-state index in [1.807, 2.05) is 85.8 Å². The Kier molecular flexibility index (Phi) is 7.92. The molecule has 1 unspecified atom stereocenters. The first-order chi connectivity index (χ1) is 18.9. The Morgan fingerprint density at radius 2 is 1.67 bits per heavy atom. The summed E-state index contributed by atoms with van der Waals surface area (Å²) >= 11 is 13.0. The third-order valence-corrected chi connectivity index (χ3v) is 7.48. The van der Waals surface area contributed by atoms with Crippen molar-refractivity contribution in [3.05, 3.63) is 123 Å². The number of benzodiazepines with no additional fused rings is 1. The smallest absolute Gasteiger partial charge is 0.252 e. The Hall–Kier alpha value is -3.80. The van der Waals surface area contributed by atoms with E-state index in [-0.39, 0.29) is 5.91 Å². The number of amides is 1. The van der Waals surface area contributed by atoms with Crippen molar-refractivity contribution in [1.29, 1.82) is 0 Å². The number of rotatable bonds is 7. The van der Waals surface area contributed by atoms with Gasteiger partial charge in [0.25, 0.3) is 5.91 Å². The topological polar surface area (TPSA) is 51.1 Å². The SMILES string of the molecule is COc1ccc(CN2C(=O)C(Cc3ccccc3Cl)N=C(c3ccc(OC)c(C)c3)c3cc(Cl)ccc32)cc1. The van der Waals surface area contributed by atoms with E-state index in [2.05, 4.69) is 0 Å². The molecule has 0 aliphatic carbocycles. The lowest BCUT2D eigenvalue weighted by atomic mass is 9.98. The zero-order valence-electron chi connectivity index (χ0n) is 21.9. The normalized spacial score (nSPS) is 14.9. The van der Waals surface area contributed by atoms with Crippen molar-refractivity contribution in [3.8, 4) is 11.5 Å². The first-order valence-electron chi connectivity index (χ1n) is 12.6. The van der Waals surface area contributed by atoms with Crippen LogP contribution in [-0.2, 0) is 17.8 Å². The van der Waals surface area contributed by atoms with E-state index < -0.39 is 6.04 Å². The molecule has 5 nitrogen and oxygen atoms in total. The van der Waals surface area contributed by atoms with Crippen molar-refractivity contribution in [2.75, 3.05) is 19.1 Å². The summed E-state index contributed by atoms with van der Waals surface area (Å²) in [7, 11) is 3.28. The molecule has 1 amide bonds. The minimum Gasteiger partial charge on any atom is -0.497 e. The van der Waals surface area contributed by atoms with Crippen LogP contribution in [0.5, 0.6) is 11.5 Å². The fourth-order valence-corrected chi connectivity index (χ4v) is 5.24. The minimum absolute atomic E-state index is 0.116. The number of anilines is 1. The fraction of sp³-hybridized carbons (Fsp3) is 0.188. The molecule has 1 atom stereocenters. The van der Waals surface area contributed by atoms with Crippen LogP contribution in [0.15, 0.2) is 89.9 Å². The summed E-state index contributed by atoms with van der Waals surface area (Å²) in [4.78, 5) is 21.2. The molecule has 4 aromatic carbocycles. The second-order valence-electron chi connectivity index (χ2n) is 9.41. The highest BCUT2D eigenvalue weighted by atomic mass is 35.5. The van der Waals surface area contributed by atoms with Crippen molar-refractivity contribution in [2.45, 2.75) is 25.9 Å². The van der Waals surface area contributed by atoms with Gasteiger partial charge in [0, 0.05) is 27.6 Å². The van der Waals surface area contributed by atoms with E-state index in [1.54, 1.807) is 25.2 Å². The molecule has 1 aliphatic heterocycles. The highest BCUT2D eigenvalue weighted by Gasteiger charge is 2.33. The van der Waals surface area contributed by atoms with Crippen molar-refractivity contribution >= 4 is 40.5 Å². The average Bonchev–Trinajstić information content (AvgIpc) is 3.05. The van der Waals surface area contributed by atoms with Crippen LogP contribution in [0.4, 0.5) is 5.69 Å². The zero-order chi connectivity index (χ0) is 27.5. The van der Waals surface area contributed by atoms with Crippen LogP contribution in [0.1, 0.15) is 27.8 Å². The lowest BCUT2D eigenvalue weighted by Gasteiger charge is -2.26. The summed E-state index contributed by atoms with van der Waals surface area (Å²) in [5, 5.41) is 1.17. The number of carbonyl (C=O) groups excluding carboxylic acids is 1. The molecule has 5 rings (SSSR count). The predicted octanol–water partition coefficient (Wildman–Crippen LogP) is 7.31. The van der Waals surface area contributed by atoms with Crippen LogP contribution in [0, 0.1) is 6.92 Å². The molecular weight excluding hydrogens is 531 g/mol. The average molecular weight is 559 g/mol. The summed E-state index contributed by atoms with van der Waals surface area (Å²) in [6.07, 6.45) is 0.359. The molecule has 1 heterocycles. The van der Waals surface area contributed by atoms with E-state index in [1.165, 1.54) is 0 Å². The van der Waals surface area contributed by atoms with Crippen molar-refractivity contribution in [1.82, 2.24) is 0 Å². The maximum Gasteiger partial charge on any atom is 0.252 e. The van der Waals surface area contributed by atoms with Gasteiger partial charge in [0.15, 0.2) is 0 Å². The molecule has 1 aliphatic rings. The van der Waals surface area contributed by atoms with Gasteiger partial charge in [-0.3, -0.25) is 9.79 Å². The fourth-order valence-electron chi connectivity index (χ4n) is 4.85. The van der Waals surface area contributed by atoms with Crippen molar-refractivity contribution < 1.29 is 14.3 Å². The Bertz CT molecular complexity index is 1550. The molecule has 0 N–H and O–H groups in total. The standard InChI is InChI=1S/C32H28Cl2N2O3/c1-20-16-23(10-15-30(20)39-3)31-26-18-24(33)11-14-29(26)36(19-21-8-12-25(38-2)13-9-21)32(37)28(35-31)17-22-6-4-5-7-27(22)34/h4-16,18,28H,17,19H2,1-3H3. The molecule has 4 aromatic rings. The molecule has 0 fully saturated rings. The number of carbonyl (C=O) groups is 1. The number of fused-ring (bicyclic) bond motifs is 1. The lowest BCUT2D eigenvalue weighted by molar-refractivity contribution is -0.119. The molecule has 7 heteroatoms. The van der Waals surface area contributed by atoms with Gasteiger partial charge in [-0.15, -0.1) is 0 Å². The summed E-state index contributed by atoms with van der Waals surface area (Å²) in [5.41, 5.74) is 5.89. The molecule has 0 saturated carbocycles. The largest absolute Gasteiger partial charge is 0.497 e. The number of ether oxygens (including phenoxy) is 2. The minimum atomic E-state index is -0.702. The van der Waals surface area contributed by atoms with Crippen molar-refractivity contribution in [2.24, 2.45) is 4.99 Å². The molecule has 0 bridgehead atoms. The Labute approximate surface area is 238 Å². The molecule has 0 aromatic heterocycles. The van der Waals surface area contributed by atoms with E-state index in [4.69, 9.17) is 37.7 Å². The van der Waals surface area contributed by atoms with Gasteiger partial charge in [-0.25, -0.2) is 0 Å². The van der Waals surface area contributed by atoms with Gasteiger partial charge in [0.1, 0.15) is 17.5 Å². The molecule has 198 valence electrons. The second kappa shape index (κ2) is 11.5.